The minimum Gasteiger partial charge on any atom is -0.360 e. The summed E-state index contributed by atoms with van der Waals surface area (Å²) in [4.78, 5) is 7.05. The Kier molecular flexibility index (Phi) is 4.21. The van der Waals surface area contributed by atoms with Gasteiger partial charge in [-0.05, 0) is 32.9 Å². The summed E-state index contributed by atoms with van der Waals surface area (Å²) in [6.45, 7) is 5.42. The lowest BCUT2D eigenvalue weighted by Gasteiger charge is -2.23. The van der Waals surface area contributed by atoms with Crippen molar-refractivity contribution in [2.75, 3.05) is 25.0 Å². The third kappa shape index (κ3) is 3.09. The first-order valence-corrected chi connectivity index (χ1v) is 6.94. The molecule has 1 aliphatic heterocycles. The number of likely N-dealkylation sites (tertiary alicyclic amines) is 1. The third-order valence-corrected chi connectivity index (χ3v) is 4.30. The maximum absolute atomic E-state index is 8.78. The van der Waals surface area contributed by atoms with E-state index in [9.17, 15) is 0 Å². The molecule has 1 N–H and O–H groups in total. The SMILES string of the molecule is CC(CNc1nc(Cl)c(C#N)s1)N1CCCC1. The zero-order valence-electron chi connectivity index (χ0n) is 9.74. The molecule has 2 heterocycles. The van der Waals surface area contributed by atoms with E-state index in [4.69, 9.17) is 16.9 Å². The molecular weight excluding hydrogens is 256 g/mol. The minimum atomic E-state index is 0.300. The summed E-state index contributed by atoms with van der Waals surface area (Å²) in [6.07, 6.45) is 2.60. The van der Waals surface area contributed by atoms with Crippen molar-refractivity contribution in [3.05, 3.63) is 10.0 Å². The second kappa shape index (κ2) is 5.67. The highest BCUT2D eigenvalue weighted by Crippen LogP contribution is 2.25. The summed E-state index contributed by atoms with van der Waals surface area (Å²) in [7, 11) is 0. The Morgan fingerprint density at radius 2 is 2.29 bits per heavy atom. The number of hydrogen-bond donors (Lipinski definition) is 1. The van der Waals surface area contributed by atoms with E-state index in [0.29, 0.717) is 16.1 Å². The van der Waals surface area contributed by atoms with Gasteiger partial charge in [0.05, 0.1) is 0 Å². The first-order chi connectivity index (χ1) is 8.20. The van der Waals surface area contributed by atoms with Gasteiger partial charge in [0, 0.05) is 12.6 Å². The number of halogens is 1. The van der Waals surface area contributed by atoms with Crippen LogP contribution in [-0.4, -0.2) is 35.6 Å². The quantitative estimate of drug-likeness (QED) is 0.914. The Bertz CT molecular complexity index is 420. The second-order valence-corrected chi connectivity index (χ2v) is 5.58. The lowest BCUT2D eigenvalue weighted by atomic mass is 10.3. The van der Waals surface area contributed by atoms with Gasteiger partial charge in [-0.2, -0.15) is 5.26 Å². The van der Waals surface area contributed by atoms with Crippen LogP contribution in [0.15, 0.2) is 0 Å². The maximum atomic E-state index is 8.78. The smallest absolute Gasteiger partial charge is 0.185 e. The molecule has 4 nitrogen and oxygen atoms in total. The molecule has 0 spiro atoms. The fourth-order valence-electron chi connectivity index (χ4n) is 1.99. The first-order valence-electron chi connectivity index (χ1n) is 5.75. The molecule has 0 aromatic carbocycles. The number of nitriles is 1. The third-order valence-electron chi connectivity index (χ3n) is 3.00. The molecule has 1 aliphatic rings. The van der Waals surface area contributed by atoms with Gasteiger partial charge in [0.1, 0.15) is 10.9 Å². The second-order valence-electron chi connectivity index (χ2n) is 4.22. The van der Waals surface area contributed by atoms with Crippen molar-refractivity contribution in [2.45, 2.75) is 25.8 Å². The molecule has 1 aromatic heterocycles. The Morgan fingerprint density at radius 1 is 1.59 bits per heavy atom. The lowest BCUT2D eigenvalue weighted by Crippen LogP contribution is -2.35. The van der Waals surface area contributed by atoms with Gasteiger partial charge < -0.3 is 5.32 Å². The Labute approximate surface area is 110 Å². The number of rotatable bonds is 4. The Balaban J connectivity index is 1.86. The summed E-state index contributed by atoms with van der Waals surface area (Å²) in [5, 5.41) is 13.1. The van der Waals surface area contributed by atoms with E-state index in [0.717, 1.165) is 11.7 Å². The van der Waals surface area contributed by atoms with E-state index in [1.165, 1.54) is 37.3 Å². The number of nitrogens with zero attached hydrogens (tertiary/aromatic N) is 3. The molecule has 17 heavy (non-hydrogen) atoms. The van der Waals surface area contributed by atoms with Gasteiger partial charge in [0.2, 0.25) is 0 Å². The average Bonchev–Trinajstić information content (AvgIpc) is 2.95. The van der Waals surface area contributed by atoms with Crippen LogP contribution in [0.1, 0.15) is 24.6 Å². The predicted octanol–water partition coefficient (Wildman–Crippen LogP) is 2.56. The van der Waals surface area contributed by atoms with Gasteiger partial charge >= 0.3 is 0 Å². The number of nitrogens with one attached hydrogen (secondary N) is 1. The van der Waals surface area contributed by atoms with Crippen LogP contribution < -0.4 is 5.32 Å². The van der Waals surface area contributed by atoms with Crippen LogP contribution >= 0.6 is 22.9 Å². The summed E-state index contributed by atoms with van der Waals surface area (Å²) >= 11 is 7.12. The number of thiazole rings is 1. The van der Waals surface area contributed by atoms with Crippen molar-refractivity contribution in [3.63, 3.8) is 0 Å². The van der Waals surface area contributed by atoms with E-state index < -0.39 is 0 Å². The van der Waals surface area contributed by atoms with E-state index in [1.54, 1.807) is 0 Å². The summed E-state index contributed by atoms with van der Waals surface area (Å²) in [5.74, 6) is 0. The van der Waals surface area contributed by atoms with E-state index in [-0.39, 0.29) is 0 Å². The molecule has 0 aliphatic carbocycles. The normalized spacial score (nSPS) is 17.9. The highest BCUT2D eigenvalue weighted by atomic mass is 35.5. The highest BCUT2D eigenvalue weighted by Gasteiger charge is 2.18. The van der Waals surface area contributed by atoms with Crippen LogP contribution in [-0.2, 0) is 0 Å². The van der Waals surface area contributed by atoms with Gasteiger partial charge in [-0.3, -0.25) is 4.90 Å². The van der Waals surface area contributed by atoms with Crippen LogP contribution in [0.2, 0.25) is 5.15 Å². The van der Waals surface area contributed by atoms with Crippen LogP contribution in [0, 0.1) is 11.3 Å². The van der Waals surface area contributed by atoms with Crippen molar-refractivity contribution < 1.29 is 0 Å². The van der Waals surface area contributed by atoms with Crippen molar-refractivity contribution in [1.29, 1.82) is 5.26 Å². The summed E-state index contributed by atoms with van der Waals surface area (Å²) < 4.78 is 0. The first kappa shape index (κ1) is 12.6. The largest absolute Gasteiger partial charge is 0.360 e. The van der Waals surface area contributed by atoms with Crippen molar-refractivity contribution >= 4 is 28.1 Å². The molecule has 1 unspecified atom stereocenters. The molecule has 0 amide bonds. The molecule has 1 saturated heterocycles. The molecule has 1 aromatic rings. The van der Waals surface area contributed by atoms with E-state index >= 15 is 0 Å². The molecule has 1 fully saturated rings. The molecule has 0 radical (unpaired) electrons. The number of aromatic nitrogens is 1. The zero-order valence-corrected chi connectivity index (χ0v) is 11.3. The highest BCUT2D eigenvalue weighted by molar-refractivity contribution is 7.16. The van der Waals surface area contributed by atoms with Gasteiger partial charge in [-0.1, -0.05) is 22.9 Å². The molecule has 0 bridgehead atoms. The van der Waals surface area contributed by atoms with Crippen molar-refractivity contribution in [1.82, 2.24) is 9.88 Å². The topological polar surface area (TPSA) is 52.0 Å². The standard InChI is InChI=1S/C11H15ClN4S/c1-8(16-4-2-3-5-16)7-14-11-15-10(12)9(6-13)17-11/h8H,2-5,7H2,1H3,(H,14,15). The Hall–Kier alpha value is -0.830. The minimum absolute atomic E-state index is 0.300. The molecular formula is C11H15ClN4S. The van der Waals surface area contributed by atoms with Crippen LogP contribution in [0.25, 0.3) is 0 Å². The summed E-state index contributed by atoms with van der Waals surface area (Å²) in [5.41, 5.74) is 0. The van der Waals surface area contributed by atoms with Crippen LogP contribution in [0.4, 0.5) is 5.13 Å². The predicted molar refractivity (Wildman–Crippen MR) is 70.6 cm³/mol. The molecule has 6 heteroatoms. The molecule has 92 valence electrons. The fraction of sp³-hybridized carbons (Fsp3) is 0.636. The maximum Gasteiger partial charge on any atom is 0.185 e. The van der Waals surface area contributed by atoms with Gasteiger partial charge in [0.15, 0.2) is 10.3 Å². The lowest BCUT2D eigenvalue weighted by molar-refractivity contribution is 0.269. The summed E-state index contributed by atoms with van der Waals surface area (Å²) in [6, 6.07) is 2.52. The number of hydrogen-bond acceptors (Lipinski definition) is 5. The molecule has 1 atom stereocenters. The molecule has 2 rings (SSSR count). The monoisotopic (exact) mass is 270 g/mol. The van der Waals surface area contributed by atoms with E-state index in [2.05, 4.69) is 22.1 Å². The van der Waals surface area contributed by atoms with Crippen molar-refractivity contribution in [3.8, 4) is 6.07 Å². The Morgan fingerprint density at radius 3 is 2.88 bits per heavy atom. The van der Waals surface area contributed by atoms with Crippen LogP contribution in [0.3, 0.4) is 0 Å². The van der Waals surface area contributed by atoms with Crippen molar-refractivity contribution in [2.24, 2.45) is 0 Å². The average molecular weight is 271 g/mol. The van der Waals surface area contributed by atoms with Gasteiger partial charge in [0.25, 0.3) is 0 Å². The molecule has 0 saturated carbocycles. The number of anilines is 1. The van der Waals surface area contributed by atoms with Crippen LogP contribution in [0.5, 0.6) is 0 Å². The van der Waals surface area contributed by atoms with Gasteiger partial charge in [-0.15, -0.1) is 0 Å². The fourth-order valence-corrected chi connectivity index (χ4v) is 2.95. The zero-order chi connectivity index (χ0) is 12.3. The van der Waals surface area contributed by atoms with Gasteiger partial charge in [-0.25, -0.2) is 4.98 Å². The van der Waals surface area contributed by atoms with E-state index in [1.807, 2.05) is 6.07 Å².